The maximum Gasteiger partial charge on any atom is 0.282 e. The Morgan fingerprint density at radius 3 is 2.41 bits per heavy atom. The van der Waals surface area contributed by atoms with Crippen molar-refractivity contribution in [1.82, 2.24) is 29.4 Å². The second kappa shape index (κ2) is 16.5. The van der Waals surface area contributed by atoms with Crippen LogP contribution in [-0.2, 0) is 17.8 Å². The average molecular weight is 882 g/mol. The van der Waals surface area contributed by atoms with E-state index in [0.29, 0.717) is 16.2 Å². The molecule has 56 heavy (non-hydrogen) atoms. The lowest BCUT2D eigenvalue weighted by atomic mass is 10.0. The average Bonchev–Trinajstić information content (AvgIpc) is 4.08. The van der Waals surface area contributed by atoms with E-state index in [4.69, 9.17) is 22.0 Å². The van der Waals surface area contributed by atoms with Gasteiger partial charge in [-0.2, -0.15) is 5.10 Å². The minimum atomic E-state index is -2.89. The number of amidine groups is 1. The van der Waals surface area contributed by atoms with Crippen LogP contribution in [0.25, 0.3) is 16.6 Å². The fourth-order valence-electron chi connectivity index (χ4n) is 6.32. The van der Waals surface area contributed by atoms with Gasteiger partial charge >= 0.3 is 0 Å². The SMILES string of the molecule is N=C(NSC1CC1)c1c(Cl)ccc(-n2c(C(Cc3cc(F)cc(F)c3)NC(=O)Cn3nc(C(F)F)cc3C3CC3)nc3cc(Br)ccc3c2=O)c1NCC(F)F. The summed E-state index contributed by atoms with van der Waals surface area (Å²) in [7, 11) is 0. The Kier molecular flexibility index (Phi) is 11.7. The highest BCUT2D eigenvalue weighted by molar-refractivity contribution is 9.10. The molecular formula is C37H32BrClF6N8O2S. The Labute approximate surface area is 333 Å². The van der Waals surface area contributed by atoms with Gasteiger partial charge in [0, 0.05) is 33.8 Å². The molecule has 2 aliphatic carbocycles. The standard InChI is InChI=1S/C37H32BrClF6N8O2S/c38-19-3-6-23-25(12-19)49-36(53(37(23)55)28-8-7-24(39)32(33(28)47-15-30(42)43)35(46)51-56-22-4-5-22)27(11-17-9-20(40)13-21(41)10-17)48-31(54)16-52-29(18-1-2-18)14-26(50-52)34(44)45/h3,6-10,12-14,18,22,27,30,34,47H,1-2,4-5,11,15-16H2,(H2,46,51)(H,48,54). The van der Waals surface area contributed by atoms with Crippen LogP contribution in [0, 0.1) is 17.0 Å². The molecule has 2 aromatic heterocycles. The van der Waals surface area contributed by atoms with Gasteiger partial charge in [-0.1, -0.05) is 27.5 Å². The molecule has 4 N–H and O–H groups in total. The molecule has 2 saturated carbocycles. The molecule has 1 amide bonds. The minimum absolute atomic E-state index is 0.000589. The summed E-state index contributed by atoms with van der Waals surface area (Å²) in [6, 6.07) is 10.0. The Bertz CT molecular complexity index is 2370. The van der Waals surface area contributed by atoms with Crippen LogP contribution in [0.5, 0.6) is 0 Å². The van der Waals surface area contributed by atoms with Gasteiger partial charge < -0.3 is 15.4 Å². The van der Waals surface area contributed by atoms with Crippen LogP contribution in [0.3, 0.4) is 0 Å². The van der Waals surface area contributed by atoms with Crippen molar-refractivity contribution in [1.29, 1.82) is 5.41 Å². The number of carbonyl (C=O) groups is 1. The monoisotopic (exact) mass is 880 g/mol. The van der Waals surface area contributed by atoms with Gasteiger partial charge in [0.15, 0.2) is 0 Å². The number of nitrogens with zero attached hydrogens (tertiary/aromatic N) is 4. The van der Waals surface area contributed by atoms with E-state index in [1.807, 2.05) is 0 Å². The van der Waals surface area contributed by atoms with Crippen molar-refractivity contribution in [3.05, 3.63) is 114 Å². The third-order valence-electron chi connectivity index (χ3n) is 9.12. The van der Waals surface area contributed by atoms with Crippen LogP contribution in [0.2, 0.25) is 5.02 Å². The Morgan fingerprint density at radius 2 is 1.75 bits per heavy atom. The molecular weight excluding hydrogens is 850 g/mol. The van der Waals surface area contributed by atoms with Crippen molar-refractivity contribution >= 4 is 67.8 Å². The number of fused-ring (bicyclic) bond motifs is 1. The van der Waals surface area contributed by atoms with Crippen molar-refractivity contribution in [3.63, 3.8) is 0 Å². The van der Waals surface area contributed by atoms with Gasteiger partial charge in [0.05, 0.1) is 45.5 Å². The summed E-state index contributed by atoms with van der Waals surface area (Å²) in [5, 5.41) is 18.6. The number of aromatic nitrogens is 4. The van der Waals surface area contributed by atoms with Crippen LogP contribution in [0.4, 0.5) is 32.0 Å². The number of carbonyl (C=O) groups excluding carboxylic acids is 1. The first-order valence-electron chi connectivity index (χ1n) is 17.4. The lowest BCUT2D eigenvalue weighted by Gasteiger charge is -2.26. The molecule has 0 bridgehead atoms. The predicted molar refractivity (Wildman–Crippen MR) is 205 cm³/mol. The van der Waals surface area contributed by atoms with Crippen molar-refractivity contribution < 1.29 is 31.1 Å². The second-order valence-electron chi connectivity index (χ2n) is 13.5. The maximum absolute atomic E-state index is 14.7. The minimum Gasteiger partial charge on any atom is -0.377 e. The number of anilines is 1. The van der Waals surface area contributed by atoms with Gasteiger partial charge in [0.2, 0.25) is 5.91 Å². The van der Waals surface area contributed by atoms with Gasteiger partial charge in [-0.3, -0.25) is 24.2 Å². The molecule has 2 heterocycles. The van der Waals surface area contributed by atoms with E-state index in [2.05, 4.69) is 36.4 Å². The first-order valence-corrected chi connectivity index (χ1v) is 19.5. The first-order chi connectivity index (χ1) is 26.7. The van der Waals surface area contributed by atoms with Crippen molar-refractivity contribution in [2.75, 3.05) is 11.9 Å². The zero-order valence-electron chi connectivity index (χ0n) is 29.1. The van der Waals surface area contributed by atoms with E-state index in [1.165, 1.54) is 40.9 Å². The summed E-state index contributed by atoms with van der Waals surface area (Å²) in [5.74, 6) is -3.07. The number of hydrogen-bond acceptors (Lipinski definition) is 7. The Morgan fingerprint density at radius 1 is 1.02 bits per heavy atom. The number of hydrogen-bond donors (Lipinski definition) is 4. The third-order valence-corrected chi connectivity index (χ3v) is 11.1. The molecule has 1 unspecified atom stereocenters. The molecule has 3 aromatic carbocycles. The molecule has 2 fully saturated rings. The molecule has 7 rings (SSSR count). The van der Waals surface area contributed by atoms with Gasteiger partial charge in [0.1, 0.15) is 35.5 Å². The van der Waals surface area contributed by atoms with E-state index in [9.17, 15) is 35.9 Å². The highest BCUT2D eigenvalue weighted by atomic mass is 79.9. The fraction of sp³-hybridized carbons (Fsp3) is 0.324. The third kappa shape index (κ3) is 9.02. The Balaban J connectivity index is 1.41. The number of amides is 1. The zero-order chi connectivity index (χ0) is 39.8. The highest BCUT2D eigenvalue weighted by Gasteiger charge is 2.32. The molecule has 294 valence electrons. The summed E-state index contributed by atoms with van der Waals surface area (Å²) >= 11 is 11.3. The number of nitrogens with one attached hydrogen (secondary N) is 4. The highest BCUT2D eigenvalue weighted by Crippen LogP contribution is 2.41. The van der Waals surface area contributed by atoms with Crippen molar-refractivity contribution in [3.8, 4) is 5.69 Å². The summed E-state index contributed by atoms with van der Waals surface area (Å²) in [6.45, 7) is -1.43. The van der Waals surface area contributed by atoms with Crippen LogP contribution in [0.15, 0.2) is 63.9 Å². The van der Waals surface area contributed by atoms with Crippen molar-refractivity contribution in [2.24, 2.45) is 0 Å². The lowest BCUT2D eigenvalue weighted by Crippen LogP contribution is -2.38. The summed E-state index contributed by atoms with van der Waals surface area (Å²) in [4.78, 5) is 33.4. The molecule has 10 nitrogen and oxygen atoms in total. The van der Waals surface area contributed by atoms with Crippen LogP contribution in [0.1, 0.15) is 72.4 Å². The fourth-order valence-corrected chi connectivity index (χ4v) is 7.68. The normalized spacial score (nSPS) is 14.8. The zero-order valence-corrected chi connectivity index (χ0v) is 32.2. The quantitative estimate of drug-likeness (QED) is 0.0359. The van der Waals surface area contributed by atoms with Crippen LogP contribution < -0.4 is 20.9 Å². The number of rotatable bonds is 15. The van der Waals surface area contributed by atoms with Gasteiger partial charge in [-0.05, 0) is 91.7 Å². The molecule has 5 aromatic rings. The number of halogens is 8. The van der Waals surface area contributed by atoms with Crippen LogP contribution in [-0.4, -0.2) is 49.3 Å². The van der Waals surface area contributed by atoms with Gasteiger partial charge in [-0.15, -0.1) is 0 Å². The van der Waals surface area contributed by atoms with E-state index in [0.717, 1.165) is 42.4 Å². The van der Waals surface area contributed by atoms with E-state index in [-0.39, 0.29) is 67.7 Å². The molecule has 0 spiro atoms. The van der Waals surface area contributed by atoms with Gasteiger partial charge in [-0.25, -0.2) is 31.3 Å². The predicted octanol–water partition coefficient (Wildman–Crippen LogP) is 8.59. The van der Waals surface area contributed by atoms with Gasteiger partial charge in [0.25, 0.3) is 18.4 Å². The second-order valence-corrected chi connectivity index (χ2v) is 15.9. The van der Waals surface area contributed by atoms with Crippen LogP contribution >= 0.6 is 39.5 Å². The number of alkyl halides is 4. The smallest absolute Gasteiger partial charge is 0.282 e. The van der Waals surface area contributed by atoms with E-state index in [1.54, 1.807) is 12.1 Å². The lowest BCUT2D eigenvalue weighted by molar-refractivity contribution is -0.122. The summed E-state index contributed by atoms with van der Waals surface area (Å²) < 4.78 is 89.9. The largest absolute Gasteiger partial charge is 0.377 e. The molecule has 1 atom stereocenters. The van der Waals surface area contributed by atoms with Crippen molar-refractivity contribution in [2.45, 2.75) is 68.7 Å². The van der Waals surface area contributed by atoms with E-state index < -0.39 is 60.8 Å². The molecule has 0 radical (unpaired) electrons. The first kappa shape index (κ1) is 39.7. The number of benzene rings is 3. The molecule has 0 saturated heterocycles. The summed E-state index contributed by atoms with van der Waals surface area (Å²) in [5.41, 5.74) is -0.787. The molecule has 2 aliphatic rings. The Hall–Kier alpha value is -4.55. The maximum atomic E-state index is 14.7. The van der Waals surface area contributed by atoms with E-state index >= 15 is 0 Å². The molecule has 19 heteroatoms. The summed E-state index contributed by atoms with van der Waals surface area (Å²) in [6.07, 6.45) is -2.81. The molecule has 0 aliphatic heterocycles. The topological polar surface area (TPSA) is 130 Å².